The fourth-order valence-corrected chi connectivity index (χ4v) is 8.13. The Morgan fingerprint density at radius 1 is 1.14 bits per heavy atom. The van der Waals surface area contributed by atoms with Gasteiger partial charge in [0.2, 0.25) is 17.7 Å². The highest BCUT2D eigenvalue weighted by Crippen LogP contribution is 2.66. The van der Waals surface area contributed by atoms with Gasteiger partial charge in [0.25, 0.3) is 0 Å². The molecule has 1 aromatic carbocycles. The summed E-state index contributed by atoms with van der Waals surface area (Å²) in [5.74, 6) is -2.24. The molecule has 3 aliphatic heterocycles. The van der Waals surface area contributed by atoms with E-state index in [4.69, 9.17) is 4.74 Å². The Hall–Kier alpha value is -2.97. The van der Waals surface area contributed by atoms with E-state index in [1.807, 2.05) is 51.1 Å². The van der Waals surface area contributed by atoms with Crippen molar-refractivity contribution in [2.75, 3.05) is 26.2 Å². The number of aliphatic hydroxyl groups excluding tert-OH is 1. The van der Waals surface area contributed by atoms with Crippen molar-refractivity contribution in [2.45, 2.75) is 96.1 Å². The number of rotatable bonds is 15. The molecule has 3 saturated heterocycles. The first-order valence-electron chi connectivity index (χ1n) is 16.0. The average Bonchev–Trinajstić information content (AvgIpc) is 3.50. The van der Waals surface area contributed by atoms with Crippen molar-refractivity contribution in [3.05, 3.63) is 61.2 Å². The van der Waals surface area contributed by atoms with Crippen LogP contribution in [0.4, 0.5) is 0 Å². The summed E-state index contributed by atoms with van der Waals surface area (Å²) in [5, 5.41) is 10.8. The highest BCUT2D eigenvalue weighted by atomic mass is 16.5. The van der Waals surface area contributed by atoms with Gasteiger partial charge in [-0.1, -0.05) is 69.7 Å². The van der Waals surface area contributed by atoms with Crippen LogP contribution in [-0.2, 0) is 25.5 Å². The molecule has 3 aliphatic rings. The maximum absolute atomic E-state index is 14.8. The van der Waals surface area contributed by atoms with Gasteiger partial charge in [-0.3, -0.25) is 14.4 Å². The second kappa shape index (κ2) is 13.3. The molecule has 2 bridgehead atoms. The van der Waals surface area contributed by atoms with E-state index in [1.54, 1.807) is 26.9 Å². The molecule has 1 aromatic rings. The van der Waals surface area contributed by atoms with E-state index in [0.717, 1.165) is 24.8 Å². The van der Waals surface area contributed by atoms with E-state index in [2.05, 4.69) is 27.0 Å². The monoisotopic (exact) mass is 593 g/mol. The standard InChI is InChI=1S/C35H51N3O5/c1-8-15-25(6)37(20-11-4)33(42)30-35-22-24(5)34(7,43-35)28(31(40)36(18-9-2)19-10-3)29(35)32(41)38(30)27(23-39)21-26-16-13-12-14-17-26/h9,11-14,16-17,24-25,27-30,39H,2,4,8,10,15,18-23H2,1,3,5-7H3/t24?,25?,27-,28+,29+,30?,34-,35?/m1/s1. The van der Waals surface area contributed by atoms with Crippen molar-refractivity contribution in [3.8, 4) is 0 Å². The Bertz CT molecular complexity index is 1190. The minimum Gasteiger partial charge on any atom is -0.394 e. The minimum atomic E-state index is -1.18. The molecular formula is C35H51N3O5. The largest absolute Gasteiger partial charge is 0.394 e. The van der Waals surface area contributed by atoms with Gasteiger partial charge in [0, 0.05) is 25.7 Å². The number of benzene rings is 1. The number of carbonyl (C=O) groups excluding carboxylic acids is 3. The molecule has 4 rings (SSSR count). The lowest BCUT2D eigenvalue weighted by molar-refractivity contribution is -0.158. The van der Waals surface area contributed by atoms with E-state index in [1.165, 1.54) is 0 Å². The summed E-state index contributed by atoms with van der Waals surface area (Å²) in [5.41, 5.74) is -1.12. The summed E-state index contributed by atoms with van der Waals surface area (Å²) in [6, 6.07) is 7.99. The molecule has 8 atom stereocenters. The number of hydrogen-bond acceptors (Lipinski definition) is 5. The number of nitrogens with zero attached hydrogens (tertiary/aromatic N) is 3. The number of hydrogen-bond donors (Lipinski definition) is 1. The SMILES string of the molecule is C=CCN(CCC)C(=O)[C@@H]1[C@H]2C(=O)N([C@@H](CO)Cc3ccccc3)C(C(=O)N(CC=C)C(C)CCC)C23CC(C)[C@@]1(C)O3. The summed E-state index contributed by atoms with van der Waals surface area (Å²) < 4.78 is 6.98. The van der Waals surface area contributed by atoms with Crippen LogP contribution in [0.1, 0.15) is 65.9 Å². The van der Waals surface area contributed by atoms with E-state index < -0.39 is 35.1 Å². The van der Waals surface area contributed by atoms with Crippen molar-refractivity contribution in [1.29, 1.82) is 0 Å². The maximum atomic E-state index is 14.8. The van der Waals surface area contributed by atoms with E-state index in [0.29, 0.717) is 32.5 Å². The van der Waals surface area contributed by atoms with Crippen molar-refractivity contribution in [3.63, 3.8) is 0 Å². The number of ether oxygens (including phenoxy) is 1. The summed E-state index contributed by atoms with van der Waals surface area (Å²) in [7, 11) is 0. The first kappa shape index (κ1) is 32.9. The zero-order chi connectivity index (χ0) is 31.5. The second-order valence-electron chi connectivity index (χ2n) is 13.0. The van der Waals surface area contributed by atoms with Crippen LogP contribution in [0.2, 0.25) is 0 Å². The molecule has 0 saturated carbocycles. The Kier molecular flexibility index (Phi) is 10.2. The molecule has 0 aromatic heterocycles. The van der Waals surface area contributed by atoms with Gasteiger partial charge in [-0.25, -0.2) is 0 Å². The van der Waals surface area contributed by atoms with Gasteiger partial charge in [0.1, 0.15) is 11.6 Å². The number of amides is 3. The van der Waals surface area contributed by atoms with Crippen LogP contribution in [0.3, 0.4) is 0 Å². The lowest BCUT2D eigenvalue weighted by Crippen LogP contribution is -2.60. The van der Waals surface area contributed by atoms with E-state index in [-0.39, 0.29) is 36.3 Å². The first-order valence-corrected chi connectivity index (χ1v) is 16.0. The van der Waals surface area contributed by atoms with Gasteiger partial charge < -0.3 is 24.5 Å². The van der Waals surface area contributed by atoms with E-state index >= 15 is 0 Å². The predicted molar refractivity (Wildman–Crippen MR) is 168 cm³/mol. The van der Waals surface area contributed by atoms with Gasteiger partial charge in [0.15, 0.2) is 0 Å². The Balaban J connectivity index is 1.87. The predicted octanol–water partition coefficient (Wildman–Crippen LogP) is 4.23. The number of aliphatic hydroxyl groups is 1. The summed E-state index contributed by atoms with van der Waals surface area (Å²) in [6.07, 6.45) is 6.76. The molecule has 0 aliphatic carbocycles. The molecule has 4 unspecified atom stereocenters. The molecule has 43 heavy (non-hydrogen) atoms. The fourth-order valence-electron chi connectivity index (χ4n) is 8.13. The molecule has 3 fully saturated rings. The fraction of sp³-hybridized carbons (Fsp3) is 0.629. The Morgan fingerprint density at radius 3 is 2.40 bits per heavy atom. The quantitative estimate of drug-likeness (QED) is 0.308. The lowest BCUT2D eigenvalue weighted by atomic mass is 9.62. The van der Waals surface area contributed by atoms with Gasteiger partial charge in [-0.05, 0) is 51.0 Å². The molecule has 3 heterocycles. The first-order chi connectivity index (χ1) is 20.6. The van der Waals surface area contributed by atoms with Gasteiger partial charge in [-0.2, -0.15) is 0 Å². The Labute approximate surface area is 257 Å². The maximum Gasteiger partial charge on any atom is 0.248 e. The number of fused-ring (bicyclic) bond motifs is 1. The summed E-state index contributed by atoms with van der Waals surface area (Å²) in [6.45, 7) is 18.8. The molecule has 1 N–H and O–H groups in total. The Morgan fingerprint density at radius 2 is 1.81 bits per heavy atom. The molecule has 236 valence electrons. The molecule has 8 nitrogen and oxygen atoms in total. The topological polar surface area (TPSA) is 90.4 Å². The van der Waals surface area contributed by atoms with Crippen LogP contribution in [0, 0.1) is 17.8 Å². The van der Waals surface area contributed by atoms with Crippen molar-refractivity contribution in [1.82, 2.24) is 14.7 Å². The van der Waals surface area contributed by atoms with Gasteiger partial charge >= 0.3 is 0 Å². The van der Waals surface area contributed by atoms with Crippen molar-refractivity contribution >= 4 is 17.7 Å². The number of likely N-dealkylation sites (tertiary alicyclic amines) is 1. The second-order valence-corrected chi connectivity index (χ2v) is 13.0. The molecule has 1 spiro atoms. The van der Waals surface area contributed by atoms with Crippen LogP contribution >= 0.6 is 0 Å². The zero-order valence-electron chi connectivity index (χ0n) is 26.7. The molecule has 8 heteroatoms. The highest BCUT2D eigenvalue weighted by Gasteiger charge is 2.80. The summed E-state index contributed by atoms with van der Waals surface area (Å²) >= 11 is 0. The van der Waals surface area contributed by atoms with Crippen LogP contribution < -0.4 is 0 Å². The molecule has 0 radical (unpaired) electrons. The van der Waals surface area contributed by atoms with Crippen molar-refractivity contribution < 1.29 is 24.2 Å². The minimum absolute atomic E-state index is 0.0597. The third-order valence-electron chi connectivity index (χ3n) is 10.2. The van der Waals surface area contributed by atoms with Crippen molar-refractivity contribution in [2.24, 2.45) is 17.8 Å². The average molecular weight is 594 g/mol. The highest BCUT2D eigenvalue weighted by molar-refractivity contribution is 5.99. The zero-order valence-corrected chi connectivity index (χ0v) is 26.7. The van der Waals surface area contributed by atoms with Crippen LogP contribution in [0.5, 0.6) is 0 Å². The van der Waals surface area contributed by atoms with E-state index in [9.17, 15) is 19.5 Å². The lowest BCUT2D eigenvalue weighted by Gasteiger charge is -2.41. The van der Waals surface area contributed by atoms with Crippen LogP contribution in [0.25, 0.3) is 0 Å². The van der Waals surface area contributed by atoms with Gasteiger partial charge in [0.05, 0.1) is 30.1 Å². The third kappa shape index (κ3) is 5.57. The third-order valence-corrected chi connectivity index (χ3v) is 10.2. The molecular weight excluding hydrogens is 542 g/mol. The van der Waals surface area contributed by atoms with Gasteiger partial charge in [-0.15, -0.1) is 13.2 Å². The van der Waals surface area contributed by atoms with Crippen LogP contribution in [0.15, 0.2) is 55.6 Å². The smallest absolute Gasteiger partial charge is 0.248 e. The normalized spacial score (nSPS) is 30.6. The number of carbonyl (C=O) groups is 3. The molecule has 3 amide bonds. The summed E-state index contributed by atoms with van der Waals surface area (Å²) in [4.78, 5) is 49.2. The van der Waals surface area contributed by atoms with Crippen LogP contribution in [-0.4, -0.2) is 93.1 Å².